The molecular weight excluding hydrogens is 440 g/mol. The number of esters is 1. The van der Waals surface area contributed by atoms with Crippen LogP contribution in [0.2, 0.25) is 0 Å². The Morgan fingerprint density at radius 1 is 0.886 bits per heavy atom. The number of nitrogens with one attached hydrogen (secondary N) is 1. The van der Waals surface area contributed by atoms with Gasteiger partial charge in [0.1, 0.15) is 0 Å². The molecule has 1 aliphatic carbocycles. The Labute approximate surface area is 204 Å². The van der Waals surface area contributed by atoms with Gasteiger partial charge < -0.3 is 10.1 Å². The van der Waals surface area contributed by atoms with Gasteiger partial charge in [0.05, 0.1) is 30.1 Å². The number of Topliss-reactive ketones (excluding diaryl/α,β-unsaturated/α-hetero) is 1. The number of ketones is 1. The zero-order valence-corrected chi connectivity index (χ0v) is 19.7. The lowest BCUT2D eigenvalue weighted by molar-refractivity contribution is -0.117. The Morgan fingerprint density at radius 2 is 1.57 bits per heavy atom. The van der Waals surface area contributed by atoms with E-state index < -0.39 is 12.0 Å². The lowest BCUT2D eigenvalue weighted by Crippen LogP contribution is -2.37. The molecule has 1 amide bonds. The maximum absolute atomic E-state index is 13.8. The zero-order chi connectivity index (χ0) is 24.5. The van der Waals surface area contributed by atoms with Crippen molar-refractivity contribution in [1.29, 1.82) is 0 Å². The summed E-state index contributed by atoms with van der Waals surface area (Å²) in [6.07, 6.45) is 1.02. The minimum absolute atomic E-state index is 0.00806. The highest BCUT2D eigenvalue weighted by Crippen LogP contribution is 2.47. The number of ether oxygens (including phenoxy) is 1. The van der Waals surface area contributed by atoms with Crippen LogP contribution in [0.1, 0.15) is 53.2 Å². The number of hydrogen-bond donors (Lipinski definition) is 1. The van der Waals surface area contributed by atoms with Crippen LogP contribution < -0.4 is 10.2 Å². The number of amides is 1. The first-order valence-corrected chi connectivity index (χ1v) is 11.6. The third kappa shape index (κ3) is 4.12. The van der Waals surface area contributed by atoms with Gasteiger partial charge in [-0.05, 0) is 47.7 Å². The highest BCUT2D eigenvalue weighted by molar-refractivity contribution is 6.06. The van der Waals surface area contributed by atoms with Crippen molar-refractivity contribution in [2.45, 2.75) is 31.7 Å². The van der Waals surface area contributed by atoms with Gasteiger partial charge in [-0.15, -0.1) is 0 Å². The maximum Gasteiger partial charge on any atom is 0.337 e. The molecule has 2 aliphatic rings. The van der Waals surface area contributed by atoms with Crippen LogP contribution in [0.3, 0.4) is 0 Å². The first-order chi connectivity index (χ1) is 17.0. The molecule has 3 aromatic carbocycles. The molecule has 1 heterocycles. The number of hydrogen-bond acceptors (Lipinski definition) is 5. The average molecular weight is 467 g/mol. The molecule has 0 bridgehead atoms. The molecule has 0 saturated carbocycles. The lowest BCUT2D eigenvalue weighted by Gasteiger charge is -2.34. The molecular formula is C29H26N2O4. The van der Waals surface area contributed by atoms with Crippen LogP contribution >= 0.6 is 0 Å². The third-order valence-corrected chi connectivity index (χ3v) is 6.75. The molecule has 1 N–H and O–H groups in total. The number of rotatable bonds is 3. The fourth-order valence-electron chi connectivity index (χ4n) is 5.13. The summed E-state index contributed by atoms with van der Waals surface area (Å²) in [6.45, 7) is 1.51. The Balaban J connectivity index is 1.68. The van der Waals surface area contributed by atoms with Crippen molar-refractivity contribution in [3.8, 4) is 0 Å². The van der Waals surface area contributed by atoms with Gasteiger partial charge in [0.2, 0.25) is 5.91 Å². The van der Waals surface area contributed by atoms with E-state index in [2.05, 4.69) is 17.4 Å². The fraction of sp³-hybridized carbons (Fsp3) is 0.207. The van der Waals surface area contributed by atoms with Crippen LogP contribution in [-0.4, -0.2) is 24.8 Å². The number of fused-ring (bicyclic) bond motifs is 1. The molecule has 176 valence electrons. The topological polar surface area (TPSA) is 75.7 Å². The van der Waals surface area contributed by atoms with E-state index in [9.17, 15) is 14.4 Å². The van der Waals surface area contributed by atoms with Crippen molar-refractivity contribution in [1.82, 2.24) is 0 Å². The molecule has 6 nitrogen and oxygen atoms in total. The van der Waals surface area contributed by atoms with E-state index in [4.69, 9.17) is 4.74 Å². The second-order valence-electron chi connectivity index (χ2n) is 8.88. The monoisotopic (exact) mass is 466 g/mol. The Kier molecular flexibility index (Phi) is 5.95. The summed E-state index contributed by atoms with van der Waals surface area (Å²) in [5.41, 5.74) is 5.19. The molecule has 35 heavy (non-hydrogen) atoms. The van der Waals surface area contributed by atoms with E-state index in [1.165, 1.54) is 14.0 Å². The van der Waals surface area contributed by atoms with E-state index in [1.54, 1.807) is 29.2 Å². The number of carbonyl (C=O) groups excluding carboxylic acids is 3. The van der Waals surface area contributed by atoms with Gasteiger partial charge in [0, 0.05) is 24.6 Å². The summed E-state index contributed by atoms with van der Waals surface area (Å²) < 4.78 is 4.83. The Hall–Kier alpha value is -4.19. The largest absolute Gasteiger partial charge is 0.465 e. The van der Waals surface area contributed by atoms with Gasteiger partial charge in [0.25, 0.3) is 0 Å². The normalized spacial score (nSPS) is 19.3. The first-order valence-electron chi connectivity index (χ1n) is 11.6. The van der Waals surface area contributed by atoms with Crippen LogP contribution in [0, 0.1) is 0 Å². The standard InChI is InChI=1S/C29H26N2O4/c1-18(32)31-25-11-7-6-10-23(25)30-24-16-22(19-8-4-3-5-9-19)17-26(33)27(24)28(31)20-12-14-21(15-13-20)29(34)35-2/h3-15,22,28,30H,16-17H2,1-2H3/t22-,28+/m0/s1. The molecule has 0 aromatic heterocycles. The molecule has 0 unspecified atom stereocenters. The number of allylic oxidation sites excluding steroid dienone is 1. The lowest BCUT2D eigenvalue weighted by atomic mass is 9.78. The Morgan fingerprint density at radius 3 is 2.26 bits per heavy atom. The van der Waals surface area contributed by atoms with Gasteiger partial charge in [-0.3, -0.25) is 14.5 Å². The molecule has 0 spiro atoms. The molecule has 2 atom stereocenters. The van der Waals surface area contributed by atoms with Crippen LogP contribution in [-0.2, 0) is 14.3 Å². The van der Waals surface area contributed by atoms with Crippen molar-refractivity contribution in [3.05, 3.63) is 107 Å². The second-order valence-corrected chi connectivity index (χ2v) is 8.88. The summed E-state index contributed by atoms with van der Waals surface area (Å²) in [5.74, 6) is -0.553. The summed E-state index contributed by atoms with van der Waals surface area (Å²) in [7, 11) is 1.34. The van der Waals surface area contributed by atoms with E-state index >= 15 is 0 Å². The Bertz CT molecular complexity index is 1330. The second kappa shape index (κ2) is 9.22. The molecule has 5 rings (SSSR count). The summed E-state index contributed by atoms with van der Waals surface area (Å²) in [5, 5.41) is 3.51. The van der Waals surface area contributed by atoms with Crippen molar-refractivity contribution < 1.29 is 19.1 Å². The molecule has 0 radical (unpaired) electrons. The molecule has 1 aliphatic heterocycles. The summed E-state index contributed by atoms with van der Waals surface area (Å²) >= 11 is 0. The van der Waals surface area contributed by atoms with Crippen molar-refractivity contribution in [2.24, 2.45) is 0 Å². The predicted molar refractivity (Wildman–Crippen MR) is 134 cm³/mol. The predicted octanol–water partition coefficient (Wildman–Crippen LogP) is 5.39. The van der Waals surface area contributed by atoms with Gasteiger partial charge >= 0.3 is 5.97 Å². The molecule has 3 aromatic rings. The SMILES string of the molecule is COC(=O)c1ccc([C@@H]2C3=C(C[C@H](c4ccccc4)CC3=O)Nc3ccccc3N2C(C)=O)cc1. The summed E-state index contributed by atoms with van der Waals surface area (Å²) in [6, 6.07) is 24.0. The van der Waals surface area contributed by atoms with E-state index in [-0.39, 0.29) is 17.6 Å². The van der Waals surface area contributed by atoms with Crippen molar-refractivity contribution in [3.63, 3.8) is 0 Å². The van der Waals surface area contributed by atoms with Gasteiger partial charge in [-0.25, -0.2) is 4.79 Å². The summed E-state index contributed by atoms with van der Waals surface area (Å²) in [4.78, 5) is 40.5. The van der Waals surface area contributed by atoms with Crippen LogP contribution in [0.15, 0.2) is 90.1 Å². The van der Waals surface area contributed by atoms with Crippen LogP contribution in [0.5, 0.6) is 0 Å². The smallest absolute Gasteiger partial charge is 0.337 e. The van der Waals surface area contributed by atoms with Crippen LogP contribution in [0.4, 0.5) is 11.4 Å². The first kappa shape index (κ1) is 22.6. The maximum atomic E-state index is 13.8. The number of anilines is 2. The van der Waals surface area contributed by atoms with Gasteiger partial charge in [0.15, 0.2) is 5.78 Å². The number of methoxy groups -OCH3 is 1. The number of para-hydroxylation sites is 2. The third-order valence-electron chi connectivity index (χ3n) is 6.75. The minimum Gasteiger partial charge on any atom is -0.465 e. The highest BCUT2D eigenvalue weighted by Gasteiger charge is 2.40. The minimum atomic E-state index is -0.616. The quantitative estimate of drug-likeness (QED) is 0.524. The zero-order valence-electron chi connectivity index (χ0n) is 19.7. The molecule has 0 saturated heterocycles. The highest BCUT2D eigenvalue weighted by atomic mass is 16.5. The molecule has 0 fully saturated rings. The van der Waals surface area contributed by atoms with Crippen LogP contribution in [0.25, 0.3) is 0 Å². The van der Waals surface area contributed by atoms with Gasteiger partial charge in [-0.1, -0.05) is 54.6 Å². The fourth-order valence-corrected chi connectivity index (χ4v) is 5.13. The van der Waals surface area contributed by atoms with E-state index in [1.807, 2.05) is 42.5 Å². The number of nitrogens with zero attached hydrogens (tertiary/aromatic N) is 1. The molecule has 6 heteroatoms. The van der Waals surface area contributed by atoms with Gasteiger partial charge in [-0.2, -0.15) is 0 Å². The average Bonchev–Trinajstić information content (AvgIpc) is 3.03. The number of carbonyl (C=O) groups is 3. The van der Waals surface area contributed by atoms with Crippen molar-refractivity contribution >= 4 is 29.0 Å². The van der Waals surface area contributed by atoms with E-state index in [0.717, 1.165) is 22.5 Å². The van der Waals surface area contributed by atoms with E-state index in [0.29, 0.717) is 29.7 Å². The number of benzene rings is 3. The van der Waals surface area contributed by atoms with Crippen molar-refractivity contribution in [2.75, 3.05) is 17.3 Å².